The molecule has 1 aliphatic carbocycles. The largest absolute Gasteiger partial charge is 0.405 e. The van der Waals surface area contributed by atoms with E-state index in [0.717, 1.165) is 23.5 Å². The minimum atomic E-state index is -4.23. The minimum absolute atomic E-state index is 0.405. The fraction of sp³-hybridized carbons (Fsp3) is 0.583. The highest BCUT2D eigenvalue weighted by Crippen LogP contribution is 2.28. The van der Waals surface area contributed by atoms with Gasteiger partial charge in [-0.2, -0.15) is 13.2 Å². The van der Waals surface area contributed by atoms with Crippen LogP contribution < -0.4 is 10.2 Å². The highest BCUT2D eigenvalue weighted by molar-refractivity contribution is 7.15. The molecule has 0 atom stereocenters. The summed E-state index contributed by atoms with van der Waals surface area (Å²) in [4.78, 5) is 6.22. The van der Waals surface area contributed by atoms with Gasteiger partial charge in [0, 0.05) is 31.2 Å². The first kappa shape index (κ1) is 13.7. The zero-order valence-corrected chi connectivity index (χ0v) is 11.8. The molecule has 0 unspecified atom stereocenters. The van der Waals surface area contributed by atoms with Crippen LogP contribution >= 0.6 is 11.3 Å². The number of imidazole rings is 1. The zero-order chi connectivity index (χ0) is 14.3. The SMILES string of the molecule is CN(CC(F)(F)F)c1nc2sccn2c1CNC1CC1. The molecule has 0 aliphatic heterocycles. The third-order valence-corrected chi connectivity index (χ3v) is 4.01. The maximum absolute atomic E-state index is 12.5. The van der Waals surface area contributed by atoms with Crippen LogP contribution in [0.5, 0.6) is 0 Å². The summed E-state index contributed by atoms with van der Waals surface area (Å²) >= 11 is 1.42. The van der Waals surface area contributed by atoms with E-state index < -0.39 is 12.7 Å². The molecule has 2 aromatic rings. The molecule has 110 valence electrons. The lowest BCUT2D eigenvalue weighted by Gasteiger charge is -2.20. The summed E-state index contributed by atoms with van der Waals surface area (Å²) in [5, 5.41) is 5.22. The normalized spacial score (nSPS) is 16.0. The van der Waals surface area contributed by atoms with Gasteiger partial charge in [-0.15, -0.1) is 11.3 Å². The molecule has 1 saturated carbocycles. The van der Waals surface area contributed by atoms with Crippen LogP contribution in [0, 0.1) is 0 Å². The number of aromatic nitrogens is 2. The van der Waals surface area contributed by atoms with Crippen molar-refractivity contribution in [2.45, 2.75) is 31.6 Å². The average Bonchev–Trinajstić information content (AvgIpc) is 2.93. The van der Waals surface area contributed by atoms with E-state index in [1.54, 1.807) is 0 Å². The fourth-order valence-corrected chi connectivity index (χ4v) is 2.89. The van der Waals surface area contributed by atoms with Gasteiger partial charge in [0.1, 0.15) is 6.54 Å². The number of thiazole rings is 1. The Balaban J connectivity index is 1.87. The molecule has 20 heavy (non-hydrogen) atoms. The van der Waals surface area contributed by atoms with Crippen molar-refractivity contribution < 1.29 is 13.2 Å². The molecular weight excluding hydrogens is 289 g/mol. The van der Waals surface area contributed by atoms with Crippen molar-refractivity contribution in [3.63, 3.8) is 0 Å². The predicted octanol–water partition coefficient (Wildman–Crippen LogP) is 2.65. The van der Waals surface area contributed by atoms with Gasteiger partial charge in [0.15, 0.2) is 10.8 Å². The van der Waals surface area contributed by atoms with Gasteiger partial charge >= 0.3 is 6.18 Å². The molecule has 3 rings (SSSR count). The lowest BCUT2D eigenvalue weighted by molar-refractivity contribution is -0.119. The summed E-state index contributed by atoms with van der Waals surface area (Å²) < 4.78 is 39.5. The molecule has 1 fully saturated rings. The van der Waals surface area contributed by atoms with Gasteiger partial charge in [0.05, 0.1) is 5.69 Å². The van der Waals surface area contributed by atoms with Crippen LogP contribution in [0.4, 0.5) is 19.0 Å². The number of fused-ring (bicyclic) bond motifs is 1. The summed E-state index contributed by atoms with van der Waals surface area (Å²) in [7, 11) is 1.43. The Morgan fingerprint density at radius 2 is 2.25 bits per heavy atom. The first-order valence-corrected chi connectivity index (χ1v) is 7.28. The third kappa shape index (κ3) is 2.90. The Morgan fingerprint density at radius 1 is 1.50 bits per heavy atom. The van der Waals surface area contributed by atoms with Crippen molar-refractivity contribution in [2.24, 2.45) is 0 Å². The Kier molecular flexibility index (Phi) is 3.37. The summed E-state index contributed by atoms with van der Waals surface area (Å²) in [6, 6.07) is 0.500. The second kappa shape index (κ2) is 4.92. The average molecular weight is 304 g/mol. The Bertz CT molecular complexity index is 599. The Labute approximate surface area is 118 Å². The quantitative estimate of drug-likeness (QED) is 0.922. The number of nitrogens with one attached hydrogen (secondary N) is 1. The molecule has 0 saturated heterocycles. The van der Waals surface area contributed by atoms with Gasteiger partial charge in [0.2, 0.25) is 0 Å². The van der Waals surface area contributed by atoms with E-state index in [0.29, 0.717) is 18.4 Å². The van der Waals surface area contributed by atoms with Crippen LogP contribution in [-0.4, -0.2) is 35.2 Å². The molecule has 0 radical (unpaired) electrons. The molecule has 8 heteroatoms. The third-order valence-electron chi connectivity index (χ3n) is 3.25. The van der Waals surface area contributed by atoms with E-state index in [1.165, 1.54) is 23.3 Å². The molecule has 0 amide bonds. The molecule has 0 bridgehead atoms. The maximum atomic E-state index is 12.5. The number of rotatable bonds is 5. The predicted molar refractivity (Wildman–Crippen MR) is 72.3 cm³/mol. The number of hydrogen-bond acceptors (Lipinski definition) is 4. The number of anilines is 1. The van der Waals surface area contributed by atoms with E-state index in [-0.39, 0.29) is 0 Å². The van der Waals surface area contributed by atoms with E-state index in [2.05, 4.69) is 10.3 Å². The van der Waals surface area contributed by atoms with E-state index in [1.807, 2.05) is 16.0 Å². The zero-order valence-electron chi connectivity index (χ0n) is 10.9. The van der Waals surface area contributed by atoms with Gasteiger partial charge in [-0.25, -0.2) is 4.98 Å². The van der Waals surface area contributed by atoms with Gasteiger partial charge in [-0.3, -0.25) is 4.40 Å². The van der Waals surface area contributed by atoms with Crippen molar-refractivity contribution in [1.82, 2.24) is 14.7 Å². The monoisotopic (exact) mass is 304 g/mol. The molecule has 2 heterocycles. The summed E-state index contributed by atoms with van der Waals surface area (Å²) in [5.74, 6) is 0.405. The van der Waals surface area contributed by atoms with Crippen LogP contribution in [0.1, 0.15) is 18.5 Å². The van der Waals surface area contributed by atoms with Gasteiger partial charge in [-0.05, 0) is 12.8 Å². The van der Waals surface area contributed by atoms with Gasteiger partial charge in [0.25, 0.3) is 0 Å². The van der Waals surface area contributed by atoms with Crippen molar-refractivity contribution in [1.29, 1.82) is 0 Å². The number of alkyl halides is 3. The number of halogens is 3. The van der Waals surface area contributed by atoms with Crippen LogP contribution in [0.3, 0.4) is 0 Å². The molecule has 0 spiro atoms. The molecule has 1 N–H and O–H groups in total. The second-order valence-corrected chi connectivity index (χ2v) is 5.94. The van der Waals surface area contributed by atoms with Crippen LogP contribution in [-0.2, 0) is 6.54 Å². The summed E-state index contributed by atoms with van der Waals surface area (Å²) in [5.41, 5.74) is 0.792. The first-order valence-electron chi connectivity index (χ1n) is 6.40. The van der Waals surface area contributed by atoms with Crippen molar-refractivity contribution >= 4 is 22.1 Å². The van der Waals surface area contributed by atoms with Crippen molar-refractivity contribution in [2.75, 3.05) is 18.5 Å². The Hall–Kier alpha value is -1.28. The van der Waals surface area contributed by atoms with Crippen molar-refractivity contribution in [3.05, 3.63) is 17.3 Å². The molecule has 4 nitrogen and oxygen atoms in total. The van der Waals surface area contributed by atoms with Crippen LogP contribution in [0.25, 0.3) is 4.96 Å². The Morgan fingerprint density at radius 3 is 2.90 bits per heavy atom. The topological polar surface area (TPSA) is 32.6 Å². The summed E-state index contributed by atoms with van der Waals surface area (Å²) in [6.45, 7) is -0.450. The standard InChI is InChI=1S/C12H15F3N4S/c1-18(7-12(13,14)15)10-9(6-16-8-2-3-8)19-4-5-20-11(19)17-10/h4-5,8,16H,2-3,6-7H2,1H3. The number of nitrogens with zero attached hydrogens (tertiary/aromatic N) is 3. The fourth-order valence-electron chi connectivity index (χ4n) is 2.16. The maximum Gasteiger partial charge on any atom is 0.405 e. The molecular formula is C12H15F3N4S. The van der Waals surface area contributed by atoms with E-state index in [9.17, 15) is 13.2 Å². The van der Waals surface area contributed by atoms with Crippen molar-refractivity contribution in [3.8, 4) is 0 Å². The van der Waals surface area contributed by atoms with Gasteiger partial charge in [-0.1, -0.05) is 0 Å². The summed E-state index contributed by atoms with van der Waals surface area (Å²) in [6.07, 6.45) is -0.104. The highest BCUT2D eigenvalue weighted by Gasteiger charge is 2.31. The second-order valence-electron chi connectivity index (χ2n) is 5.06. The van der Waals surface area contributed by atoms with Gasteiger partial charge < -0.3 is 10.2 Å². The lowest BCUT2D eigenvalue weighted by Crippen LogP contribution is -2.32. The molecule has 0 aromatic carbocycles. The number of hydrogen-bond donors (Lipinski definition) is 1. The minimum Gasteiger partial charge on any atom is -0.349 e. The first-order chi connectivity index (χ1) is 9.44. The molecule has 1 aliphatic rings. The molecule has 2 aromatic heterocycles. The van der Waals surface area contributed by atoms with Crippen LogP contribution in [0.2, 0.25) is 0 Å². The highest BCUT2D eigenvalue weighted by atomic mass is 32.1. The smallest absolute Gasteiger partial charge is 0.349 e. The van der Waals surface area contributed by atoms with E-state index >= 15 is 0 Å². The lowest BCUT2D eigenvalue weighted by atomic mass is 10.3. The van der Waals surface area contributed by atoms with E-state index in [4.69, 9.17) is 0 Å². The van der Waals surface area contributed by atoms with Crippen LogP contribution in [0.15, 0.2) is 11.6 Å².